The summed E-state index contributed by atoms with van der Waals surface area (Å²) in [5.74, 6) is 0.797. The highest BCUT2D eigenvalue weighted by Crippen LogP contribution is 2.28. The summed E-state index contributed by atoms with van der Waals surface area (Å²) in [5.41, 5.74) is 1.38. The molecule has 0 saturated heterocycles. The highest BCUT2D eigenvalue weighted by Gasteiger charge is 2.17. The molecule has 1 nitrogen and oxygen atoms in total. The number of hydrogen-bond donors (Lipinski definition) is 1. The molecule has 1 fully saturated rings. The Morgan fingerprint density at radius 1 is 1.31 bits per heavy atom. The summed E-state index contributed by atoms with van der Waals surface area (Å²) in [6.07, 6.45) is 9.77. The van der Waals surface area contributed by atoms with E-state index in [1.807, 2.05) is 0 Å². The van der Waals surface area contributed by atoms with E-state index < -0.39 is 0 Å². The highest BCUT2D eigenvalue weighted by molar-refractivity contribution is 7.07. The molecule has 0 bridgehead atoms. The van der Waals surface area contributed by atoms with E-state index in [-0.39, 0.29) is 6.10 Å². The van der Waals surface area contributed by atoms with Gasteiger partial charge in [-0.3, -0.25) is 0 Å². The van der Waals surface area contributed by atoms with Crippen LogP contribution in [-0.4, -0.2) is 11.2 Å². The summed E-state index contributed by atoms with van der Waals surface area (Å²) in [7, 11) is 0. The van der Waals surface area contributed by atoms with Crippen LogP contribution in [0.3, 0.4) is 0 Å². The second kappa shape index (κ2) is 6.41. The number of hydrogen-bond acceptors (Lipinski definition) is 2. The molecule has 1 aliphatic carbocycles. The average molecular weight is 238 g/mol. The molecule has 2 heteroatoms. The second-order valence-electron chi connectivity index (χ2n) is 5.06. The van der Waals surface area contributed by atoms with Gasteiger partial charge >= 0.3 is 0 Å². The Morgan fingerprint density at radius 3 is 2.81 bits per heavy atom. The van der Waals surface area contributed by atoms with Gasteiger partial charge in [0.25, 0.3) is 0 Å². The second-order valence-corrected chi connectivity index (χ2v) is 5.84. The Kier molecular flexibility index (Phi) is 4.86. The predicted molar refractivity (Wildman–Crippen MR) is 69.8 cm³/mol. The summed E-state index contributed by atoms with van der Waals surface area (Å²) in [6.45, 7) is 0. The van der Waals surface area contributed by atoms with Gasteiger partial charge in [-0.25, -0.2) is 0 Å². The fourth-order valence-corrected chi connectivity index (χ4v) is 3.40. The van der Waals surface area contributed by atoms with Gasteiger partial charge in [-0.1, -0.05) is 32.1 Å². The first-order valence-corrected chi connectivity index (χ1v) is 7.48. The number of aryl methyl sites for hydroxylation is 1. The molecule has 90 valence electrons. The van der Waals surface area contributed by atoms with Crippen molar-refractivity contribution in [2.45, 2.75) is 57.5 Å². The van der Waals surface area contributed by atoms with Gasteiger partial charge in [-0.2, -0.15) is 11.3 Å². The molecular weight excluding hydrogens is 216 g/mol. The summed E-state index contributed by atoms with van der Waals surface area (Å²) >= 11 is 1.75. The van der Waals surface area contributed by atoms with Crippen molar-refractivity contribution in [3.05, 3.63) is 22.4 Å². The predicted octanol–water partition coefficient (Wildman–Crippen LogP) is 4.01. The third kappa shape index (κ3) is 3.91. The number of aliphatic hydroxyl groups excluding tert-OH is 1. The molecule has 2 rings (SSSR count). The molecule has 0 radical (unpaired) electrons. The van der Waals surface area contributed by atoms with Crippen LogP contribution < -0.4 is 0 Å². The largest absolute Gasteiger partial charge is 0.393 e. The average Bonchev–Trinajstić information content (AvgIpc) is 2.81. The maximum Gasteiger partial charge on any atom is 0.0546 e. The molecule has 1 N–H and O–H groups in total. The van der Waals surface area contributed by atoms with Gasteiger partial charge in [-0.15, -0.1) is 0 Å². The normalized spacial score (nSPS) is 19.8. The van der Waals surface area contributed by atoms with Crippen molar-refractivity contribution in [3.63, 3.8) is 0 Å². The van der Waals surface area contributed by atoms with Gasteiger partial charge in [0.15, 0.2) is 0 Å². The van der Waals surface area contributed by atoms with Crippen LogP contribution in [0.15, 0.2) is 16.8 Å². The zero-order chi connectivity index (χ0) is 11.2. The summed E-state index contributed by atoms with van der Waals surface area (Å²) in [4.78, 5) is 0. The van der Waals surface area contributed by atoms with Crippen molar-refractivity contribution in [1.82, 2.24) is 0 Å². The van der Waals surface area contributed by atoms with Crippen molar-refractivity contribution in [1.29, 1.82) is 0 Å². The van der Waals surface area contributed by atoms with E-state index in [4.69, 9.17) is 0 Å². The Balaban J connectivity index is 1.65. The fraction of sp³-hybridized carbons (Fsp3) is 0.714. The highest BCUT2D eigenvalue weighted by atomic mass is 32.1. The van der Waals surface area contributed by atoms with Crippen molar-refractivity contribution in [2.24, 2.45) is 5.92 Å². The van der Waals surface area contributed by atoms with Crippen LogP contribution in [0.4, 0.5) is 0 Å². The molecule has 1 saturated carbocycles. The minimum absolute atomic E-state index is 0.0806. The Labute approximate surface area is 103 Å². The van der Waals surface area contributed by atoms with Gasteiger partial charge in [-0.05, 0) is 47.6 Å². The van der Waals surface area contributed by atoms with Gasteiger partial charge < -0.3 is 5.11 Å². The molecule has 1 aliphatic rings. The maximum atomic E-state index is 10.0. The number of rotatable bonds is 5. The molecule has 0 spiro atoms. The monoisotopic (exact) mass is 238 g/mol. The van der Waals surface area contributed by atoms with E-state index in [0.29, 0.717) is 0 Å². The molecule has 1 atom stereocenters. The van der Waals surface area contributed by atoms with Gasteiger partial charge in [0.1, 0.15) is 0 Å². The van der Waals surface area contributed by atoms with Gasteiger partial charge in [0.05, 0.1) is 6.10 Å². The van der Waals surface area contributed by atoms with Gasteiger partial charge in [0, 0.05) is 0 Å². The SMILES string of the molecule is OC(CCc1ccsc1)CC1CCCCC1. The Bertz CT molecular complexity index is 275. The number of aliphatic hydroxyl groups is 1. The summed E-state index contributed by atoms with van der Waals surface area (Å²) in [5, 5.41) is 14.3. The fourth-order valence-electron chi connectivity index (χ4n) is 2.69. The van der Waals surface area contributed by atoms with Crippen LogP contribution in [0.25, 0.3) is 0 Å². The first-order valence-electron chi connectivity index (χ1n) is 6.54. The molecule has 0 aromatic carbocycles. The number of thiophene rings is 1. The molecule has 1 aromatic heterocycles. The lowest BCUT2D eigenvalue weighted by Crippen LogP contribution is -2.16. The lowest BCUT2D eigenvalue weighted by molar-refractivity contribution is 0.122. The van der Waals surface area contributed by atoms with Crippen LogP contribution in [0, 0.1) is 5.92 Å². The zero-order valence-electron chi connectivity index (χ0n) is 9.90. The van der Waals surface area contributed by atoms with E-state index in [2.05, 4.69) is 16.8 Å². The van der Waals surface area contributed by atoms with Crippen molar-refractivity contribution in [2.75, 3.05) is 0 Å². The van der Waals surface area contributed by atoms with Crippen molar-refractivity contribution < 1.29 is 5.11 Å². The standard InChI is InChI=1S/C14H22OS/c15-14(7-6-13-8-9-16-11-13)10-12-4-2-1-3-5-12/h8-9,11-12,14-15H,1-7,10H2. The quantitative estimate of drug-likeness (QED) is 0.821. The van der Waals surface area contributed by atoms with E-state index in [1.165, 1.54) is 37.7 Å². The molecule has 0 amide bonds. The molecule has 0 aliphatic heterocycles. The minimum atomic E-state index is -0.0806. The van der Waals surface area contributed by atoms with E-state index in [0.717, 1.165) is 25.2 Å². The lowest BCUT2D eigenvalue weighted by Gasteiger charge is -2.23. The minimum Gasteiger partial charge on any atom is -0.393 e. The lowest BCUT2D eigenvalue weighted by atomic mass is 9.84. The summed E-state index contributed by atoms with van der Waals surface area (Å²) in [6, 6.07) is 2.16. The summed E-state index contributed by atoms with van der Waals surface area (Å²) < 4.78 is 0. The van der Waals surface area contributed by atoms with Crippen LogP contribution in [0.1, 0.15) is 50.5 Å². The van der Waals surface area contributed by atoms with Crippen LogP contribution in [0.5, 0.6) is 0 Å². The molecule has 1 heterocycles. The van der Waals surface area contributed by atoms with E-state index in [1.54, 1.807) is 11.3 Å². The topological polar surface area (TPSA) is 20.2 Å². The van der Waals surface area contributed by atoms with Crippen LogP contribution in [0.2, 0.25) is 0 Å². The molecule has 16 heavy (non-hydrogen) atoms. The van der Waals surface area contributed by atoms with E-state index >= 15 is 0 Å². The third-order valence-electron chi connectivity index (χ3n) is 3.68. The van der Waals surface area contributed by atoms with Gasteiger partial charge in [0.2, 0.25) is 0 Å². The van der Waals surface area contributed by atoms with Crippen LogP contribution in [-0.2, 0) is 6.42 Å². The first-order chi connectivity index (χ1) is 7.84. The van der Waals surface area contributed by atoms with Crippen LogP contribution >= 0.6 is 11.3 Å². The molecular formula is C14H22OS. The van der Waals surface area contributed by atoms with E-state index in [9.17, 15) is 5.11 Å². The van der Waals surface area contributed by atoms with Crippen molar-refractivity contribution in [3.8, 4) is 0 Å². The third-order valence-corrected chi connectivity index (χ3v) is 4.41. The maximum absolute atomic E-state index is 10.0. The van der Waals surface area contributed by atoms with Crippen molar-refractivity contribution >= 4 is 11.3 Å². The first kappa shape index (κ1) is 12.1. The zero-order valence-corrected chi connectivity index (χ0v) is 10.7. The smallest absolute Gasteiger partial charge is 0.0546 e. The Hall–Kier alpha value is -0.340. The molecule has 1 aromatic rings. The Morgan fingerprint density at radius 2 is 2.12 bits per heavy atom. The molecule has 1 unspecified atom stereocenters.